The molecule has 0 unspecified atom stereocenters. The molecule has 3 aromatic rings. The van der Waals surface area contributed by atoms with Crippen LogP contribution >= 0.6 is 0 Å². The molecule has 1 atom stereocenters. The molecule has 2 aromatic heterocycles. The number of aromatic amines is 1. The van der Waals surface area contributed by atoms with E-state index in [2.05, 4.69) is 10.3 Å². The molecular weight excluding hydrogens is 370 g/mol. The van der Waals surface area contributed by atoms with Crippen LogP contribution in [-0.4, -0.2) is 22.8 Å². The zero-order valence-corrected chi connectivity index (χ0v) is 16.7. The number of rotatable bonds is 7. The van der Waals surface area contributed by atoms with Crippen LogP contribution in [0.25, 0.3) is 10.9 Å². The molecule has 7 heteroatoms. The Kier molecular flexibility index (Phi) is 5.87. The van der Waals surface area contributed by atoms with Crippen molar-refractivity contribution in [2.75, 3.05) is 0 Å². The quantitative estimate of drug-likeness (QED) is 0.569. The van der Waals surface area contributed by atoms with Crippen molar-refractivity contribution >= 4 is 22.7 Å². The number of aryl methyl sites for hydroxylation is 3. The van der Waals surface area contributed by atoms with Crippen LogP contribution in [0.1, 0.15) is 41.1 Å². The van der Waals surface area contributed by atoms with Crippen molar-refractivity contribution in [2.45, 2.75) is 39.7 Å². The number of carbonyl (C=O) groups is 2. The van der Waals surface area contributed by atoms with E-state index in [0.717, 1.165) is 16.5 Å². The summed E-state index contributed by atoms with van der Waals surface area (Å²) in [5, 5.41) is 3.66. The summed E-state index contributed by atoms with van der Waals surface area (Å²) in [4.78, 5) is 39.7. The van der Waals surface area contributed by atoms with Crippen molar-refractivity contribution in [1.82, 2.24) is 10.3 Å². The maximum atomic E-state index is 12.5. The van der Waals surface area contributed by atoms with E-state index in [9.17, 15) is 14.4 Å². The van der Waals surface area contributed by atoms with Crippen molar-refractivity contribution in [3.8, 4) is 0 Å². The summed E-state index contributed by atoms with van der Waals surface area (Å²) >= 11 is 0. The van der Waals surface area contributed by atoms with Gasteiger partial charge in [0.15, 0.2) is 0 Å². The minimum atomic E-state index is -0.858. The fourth-order valence-electron chi connectivity index (χ4n) is 3.45. The van der Waals surface area contributed by atoms with E-state index in [-0.39, 0.29) is 11.5 Å². The topological polar surface area (TPSA) is 118 Å². The fraction of sp³-hybridized carbons (Fsp3) is 0.318. The maximum Gasteiger partial charge on any atom is 0.349 e. The lowest BCUT2D eigenvalue weighted by molar-refractivity contribution is -0.120. The monoisotopic (exact) mass is 395 g/mol. The van der Waals surface area contributed by atoms with Crippen LogP contribution in [0.2, 0.25) is 0 Å². The number of H-pyrrole nitrogens is 1. The van der Waals surface area contributed by atoms with E-state index in [1.54, 1.807) is 26.8 Å². The third-order valence-corrected chi connectivity index (χ3v) is 5.00. The molecule has 0 aliphatic rings. The Morgan fingerprint density at radius 3 is 2.59 bits per heavy atom. The lowest BCUT2D eigenvalue weighted by atomic mass is 10.0. The Hall–Kier alpha value is -3.35. The van der Waals surface area contributed by atoms with Gasteiger partial charge in [0.25, 0.3) is 5.91 Å². The van der Waals surface area contributed by atoms with Gasteiger partial charge >= 0.3 is 5.63 Å². The minimum Gasteiger partial charge on any atom is -0.427 e. The maximum absolute atomic E-state index is 12.5. The molecule has 3 rings (SSSR count). The average Bonchev–Trinajstić information content (AvgIpc) is 3.06. The predicted octanol–water partition coefficient (Wildman–Crippen LogP) is 2.45. The van der Waals surface area contributed by atoms with Gasteiger partial charge in [-0.15, -0.1) is 0 Å². The molecule has 0 aliphatic carbocycles. The van der Waals surface area contributed by atoms with Gasteiger partial charge in [0, 0.05) is 23.5 Å². The lowest BCUT2D eigenvalue weighted by Gasteiger charge is -2.19. The number of hydrogen-bond donors (Lipinski definition) is 3. The van der Waals surface area contributed by atoms with Crippen molar-refractivity contribution in [3.05, 3.63) is 69.4 Å². The highest BCUT2D eigenvalue weighted by atomic mass is 16.4. The molecule has 2 heterocycles. The summed E-state index contributed by atoms with van der Waals surface area (Å²) in [6, 6.07) is 8.83. The zero-order valence-electron chi connectivity index (χ0n) is 16.7. The molecule has 29 heavy (non-hydrogen) atoms. The number of hydrogen-bond acceptors (Lipinski definition) is 4. The van der Waals surface area contributed by atoms with E-state index in [4.69, 9.17) is 10.2 Å². The van der Waals surface area contributed by atoms with Gasteiger partial charge in [-0.05, 0) is 42.5 Å². The van der Waals surface area contributed by atoms with Crippen LogP contribution in [0.15, 0.2) is 45.7 Å². The van der Waals surface area contributed by atoms with Gasteiger partial charge < -0.3 is 20.5 Å². The summed E-state index contributed by atoms with van der Waals surface area (Å²) < 4.78 is 5.38. The Morgan fingerprint density at radius 2 is 1.93 bits per heavy atom. The van der Waals surface area contributed by atoms with Crippen molar-refractivity contribution < 1.29 is 14.0 Å². The second kappa shape index (κ2) is 8.34. The van der Waals surface area contributed by atoms with E-state index >= 15 is 0 Å². The van der Waals surface area contributed by atoms with Crippen LogP contribution in [0.3, 0.4) is 0 Å². The van der Waals surface area contributed by atoms with Crippen LogP contribution in [0.4, 0.5) is 0 Å². The highest BCUT2D eigenvalue weighted by Gasteiger charge is 2.25. The molecule has 7 nitrogen and oxygen atoms in total. The average molecular weight is 395 g/mol. The van der Waals surface area contributed by atoms with Gasteiger partial charge in [0.1, 0.15) is 17.4 Å². The van der Waals surface area contributed by atoms with Crippen LogP contribution in [0, 0.1) is 12.8 Å². The first-order chi connectivity index (χ1) is 13.8. The summed E-state index contributed by atoms with van der Waals surface area (Å²) in [7, 11) is 0. The minimum absolute atomic E-state index is 0.104. The van der Waals surface area contributed by atoms with Crippen LogP contribution in [0.5, 0.6) is 0 Å². The third kappa shape index (κ3) is 4.39. The highest BCUT2D eigenvalue weighted by Crippen LogP contribution is 2.20. The van der Waals surface area contributed by atoms with Gasteiger partial charge in [-0.1, -0.05) is 32.0 Å². The Balaban J connectivity index is 1.77. The van der Waals surface area contributed by atoms with Gasteiger partial charge in [-0.3, -0.25) is 9.59 Å². The zero-order chi connectivity index (χ0) is 21.1. The van der Waals surface area contributed by atoms with Crippen LogP contribution < -0.4 is 16.7 Å². The molecule has 2 amide bonds. The van der Waals surface area contributed by atoms with Gasteiger partial charge in [-0.2, -0.15) is 0 Å². The molecule has 0 radical (unpaired) electrons. The first-order valence-electron chi connectivity index (χ1n) is 9.56. The standard InChI is InChI=1S/C22H25N3O4/c1-12(2)19(20(23)26)25-21(27)18-13(3)10-15(29-22(18)28)9-8-14-11-24-17-7-5-4-6-16(14)17/h4-7,10-12,19,24H,8-9H2,1-3H3,(H2,23,26)(H,25,27)/t19-/m0/s1. The number of amides is 2. The largest absolute Gasteiger partial charge is 0.427 e. The lowest BCUT2D eigenvalue weighted by Crippen LogP contribution is -2.48. The molecule has 4 N–H and O–H groups in total. The van der Waals surface area contributed by atoms with Crippen molar-refractivity contribution in [1.29, 1.82) is 0 Å². The second-order valence-corrected chi connectivity index (χ2v) is 7.52. The summed E-state index contributed by atoms with van der Waals surface area (Å²) in [6.07, 6.45) is 3.16. The number of primary amides is 1. The fourth-order valence-corrected chi connectivity index (χ4v) is 3.45. The molecule has 0 aliphatic heterocycles. The third-order valence-electron chi connectivity index (χ3n) is 5.00. The van der Waals surface area contributed by atoms with Crippen LogP contribution in [-0.2, 0) is 17.6 Å². The normalized spacial score (nSPS) is 12.3. The summed E-state index contributed by atoms with van der Waals surface area (Å²) in [5.41, 5.74) is 7.19. The molecular formula is C22H25N3O4. The number of fused-ring (bicyclic) bond motifs is 1. The van der Waals surface area contributed by atoms with Gasteiger partial charge in [0.05, 0.1) is 0 Å². The van der Waals surface area contributed by atoms with E-state index in [1.807, 2.05) is 30.5 Å². The van der Waals surface area contributed by atoms with Gasteiger partial charge in [0.2, 0.25) is 5.91 Å². The van der Waals surface area contributed by atoms with Crippen molar-refractivity contribution in [3.63, 3.8) is 0 Å². The Bertz CT molecular complexity index is 1110. The van der Waals surface area contributed by atoms with Gasteiger partial charge in [-0.25, -0.2) is 4.79 Å². The SMILES string of the molecule is Cc1cc(CCc2c[nH]c3ccccc23)oc(=O)c1C(=O)N[C@H](C(N)=O)C(C)C. The highest BCUT2D eigenvalue weighted by molar-refractivity contribution is 5.98. The molecule has 0 saturated carbocycles. The number of para-hydroxylation sites is 1. The van der Waals surface area contributed by atoms with E-state index in [1.165, 1.54) is 0 Å². The molecule has 1 aromatic carbocycles. The molecule has 0 bridgehead atoms. The smallest absolute Gasteiger partial charge is 0.349 e. The molecule has 0 spiro atoms. The first kappa shape index (κ1) is 20.4. The number of benzene rings is 1. The summed E-state index contributed by atoms with van der Waals surface area (Å²) in [5.74, 6) is -0.994. The second-order valence-electron chi connectivity index (χ2n) is 7.52. The molecule has 0 saturated heterocycles. The van der Waals surface area contributed by atoms with Crippen molar-refractivity contribution in [2.24, 2.45) is 11.7 Å². The summed E-state index contributed by atoms with van der Waals surface area (Å²) in [6.45, 7) is 5.20. The molecule has 0 fully saturated rings. The van der Waals surface area contributed by atoms with E-state index in [0.29, 0.717) is 24.2 Å². The number of aromatic nitrogens is 1. The molecule has 152 valence electrons. The number of carbonyl (C=O) groups excluding carboxylic acids is 2. The Labute approximate surface area is 168 Å². The number of nitrogens with two attached hydrogens (primary N) is 1. The first-order valence-corrected chi connectivity index (χ1v) is 9.56. The Morgan fingerprint density at radius 1 is 1.21 bits per heavy atom. The number of nitrogens with one attached hydrogen (secondary N) is 2. The van der Waals surface area contributed by atoms with E-state index < -0.39 is 23.5 Å². The predicted molar refractivity (Wildman–Crippen MR) is 111 cm³/mol.